The predicted octanol–water partition coefficient (Wildman–Crippen LogP) is 2.53. The first kappa shape index (κ1) is 15.1. The average molecular weight is 284 g/mol. The first-order valence-electron chi connectivity index (χ1n) is 6.74. The Morgan fingerprint density at radius 2 is 1.67 bits per heavy atom. The van der Waals surface area contributed by atoms with E-state index in [1.807, 2.05) is 54.6 Å². The number of para-hydroxylation sites is 2. The average Bonchev–Trinajstić information content (AvgIpc) is 2.54. The fourth-order valence-corrected chi connectivity index (χ4v) is 2.27. The minimum atomic E-state index is -1.10. The van der Waals surface area contributed by atoms with Gasteiger partial charge in [-0.3, -0.25) is 4.79 Å². The molecule has 2 rings (SSSR count). The van der Waals surface area contributed by atoms with Crippen LogP contribution in [0.5, 0.6) is 5.75 Å². The molecule has 1 atom stereocenters. The van der Waals surface area contributed by atoms with Gasteiger partial charge in [-0.2, -0.15) is 0 Å². The number of ether oxygens (including phenoxy) is 1. The Labute approximate surface area is 125 Å². The van der Waals surface area contributed by atoms with Crippen LogP contribution < -0.4 is 15.4 Å². The third-order valence-electron chi connectivity index (χ3n) is 3.57. The minimum absolute atomic E-state index is 0.196. The normalized spacial score (nSPS) is 13.3. The number of benzene rings is 2. The summed E-state index contributed by atoms with van der Waals surface area (Å²) in [4.78, 5) is 14.3. The highest BCUT2D eigenvalue weighted by Gasteiger charge is 2.34. The van der Waals surface area contributed by atoms with Gasteiger partial charge in [-0.25, -0.2) is 0 Å². The van der Waals surface area contributed by atoms with Crippen molar-refractivity contribution in [2.24, 2.45) is 5.73 Å². The van der Waals surface area contributed by atoms with Crippen molar-refractivity contribution in [2.75, 3.05) is 19.1 Å². The number of likely N-dealkylation sites (N-methyl/N-ethyl adjacent to an activating group) is 1. The van der Waals surface area contributed by atoms with E-state index in [0.29, 0.717) is 11.4 Å². The van der Waals surface area contributed by atoms with Crippen LogP contribution in [0, 0.1) is 0 Å². The highest BCUT2D eigenvalue weighted by molar-refractivity contribution is 6.01. The molecule has 110 valence electrons. The molecule has 0 spiro atoms. The molecule has 1 amide bonds. The first-order valence-corrected chi connectivity index (χ1v) is 6.74. The van der Waals surface area contributed by atoms with Crippen molar-refractivity contribution >= 4 is 11.6 Å². The fourth-order valence-electron chi connectivity index (χ4n) is 2.27. The zero-order valence-electron chi connectivity index (χ0n) is 12.5. The summed E-state index contributed by atoms with van der Waals surface area (Å²) in [5.74, 6) is 0.440. The Bertz CT molecular complexity index is 624. The lowest BCUT2D eigenvalue weighted by molar-refractivity contribution is -0.123. The van der Waals surface area contributed by atoms with Crippen molar-refractivity contribution in [3.05, 3.63) is 60.2 Å². The molecular formula is C17H20N2O2. The minimum Gasteiger partial charge on any atom is -0.495 e. The van der Waals surface area contributed by atoms with E-state index in [0.717, 1.165) is 5.56 Å². The maximum Gasteiger partial charge on any atom is 0.251 e. The molecule has 0 bridgehead atoms. The van der Waals surface area contributed by atoms with Crippen LogP contribution in [0.3, 0.4) is 0 Å². The van der Waals surface area contributed by atoms with Crippen LogP contribution in [0.15, 0.2) is 54.6 Å². The van der Waals surface area contributed by atoms with Crippen molar-refractivity contribution in [2.45, 2.75) is 12.5 Å². The standard InChI is InChI=1S/C17H20N2O2/c1-17(18,13-9-5-4-6-10-13)16(20)19(2)14-11-7-8-12-15(14)21-3/h4-12H,18H2,1-3H3. The Hall–Kier alpha value is -2.33. The zero-order valence-corrected chi connectivity index (χ0v) is 12.5. The molecule has 4 nitrogen and oxygen atoms in total. The van der Waals surface area contributed by atoms with E-state index in [9.17, 15) is 4.79 Å². The Morgan fingerprint density at radius 3 is 2.29 bits per heavy atom. The second kappa shape index (κ2) is 5.97. The smallest absolute Gasteiger partial charge is 0.251 e. The lowest BCUT2D eigenvalue weighted by Gasteiger charge is -2.30. The molecule has 1 unspecified atom stereocenters. The number of carbonyl (C=O) groups is 1. The van der Waals surface area contributed by atoms with E-state index in [4.69, 9.17) is 10.5 Å². The van der Waals surface area contributed by atoms with Gasteiger partial charge in [0.25, 0.3) is 5.91 Å². The van der Waals surface area contributed by atoms with Gasteiger partial charge in [-0.1, -0.05) is 42.5 Å². The zero-order chi connectivity index (χ0) is 15.5. The molecule has 2 aromatic carbocycles. The summed E-state index contributed by atoms with van der Waals surface area (Å²) < 4.78 is 5.30. The highest BCUT2D eigenvalue weighted by atomic mass is 16.5. The SMILES string of the molecule is COc1ccccc1N(C)C(=O)C(C)(N)c1ccccc1. The lowest BCUT2D eigenvalue weighted by atomic mass is 9.91. The Morgan fingerprint density at radius 1 is 1.10 bits per heavy atom. The van der Waals surface area contributed by atoms with Gasteiger partial charge >= 0.3 is 0 Å². The summed E-state index contributed by atoms with van der Waals surface area (Å²) in [5.41, 5.74) is 6.65. The Balaban J connectivity index is 2.35. The van der Waals surface area contributed by atoms with Crippen LogP contribution in [0.2, 0.25) is 0 Å². The molecule has 0 aliphatic carbocycles. The lowest BCUT2D eigenvalue weighted by Crippen LogP contribution is -2.49. The summed E-state index contributed by atoms with van der Waals surface area (Å²) >= 11 is 0. The van der Waals surface area contributed by atoms with Gasteiger partial charge in [-0.05, 0) is 24.6 Å². The van der Waals surface area contributed by atoms with Crippen LogP contribution in [0.25, 0.3) is 0 Å². The monoisotopic (exact) mass is 284 g/mol. The summed E-state index contributed by atoms with van der Waals surface area (Å²) in [7, 11) is 3.28. The van der Waals surface area contributed by atoms with E-state index < -0.39 is 5.54 Å². The van der Waals surface area contributed by atoms with E-state index in [-0.39, 0.29) is 5.91 Å². The van der Waals surface area contributed by atoms with Crippen molar-refractivity contribution in [3.8, 4) is 5.75 Å². The van der Waals surface area contributed by atoms with E-state index >= 15 is 0 Å². The molecule has 0 radical (unpaired) electrons. The van der Waals surface area contributed by atoms with Gasteiger partial charge < -0.3 is 15.4 Å². The van der Waals surface area contributed by atoms with Gasteiger partial charge in [0, 0.05) is 7.05 Å². The summed E-state index contributed by atoms with van der Waals surface area (Å²) in [6.07, 6.45) is 0. The number of hydrogen-bond donors (Lipinski definition) is 1. The molecule has 21 heavy (non-hydrogen) atoms. The summed E-state index contributed by atoms with van der Waals surface area (Å²) in [6.45, 7) is 1.72. The van der Waals surface area contributed by atoms with Gasteiger partial charge in [0.2, 0.25) is 0 Å². The highest BCUT2D eigenvalue weighted by Crippen LogP contribution is 2.30. The van der Waals surface area contributed by atoms with E-state index in [1.165, 1.54) is 4.90 Å². The van der Waals surface area contributed by atoms with Crippen molar-refractivity contribution in [1.82, 2.24) is 0 Å². The van der Waals surface area contributed by atoms with Crippen LogP contribution in [-0.4, -0.2) is 20.1 Å². The molecular weight excluding hydrogens is 264 g/mol. The van der Waals surface area contributed by atoms with Gasteiger partial charge in [0.1, 0.15) is 11.3 Å². The number of hydrogen-bond acceptors (Lipinski definition) is 3. The summed E-state index contributed by atoms with van der Waals surface area (Å²) in [5, 5.41) is 0. The second-order valence-electron chi connectivity index (χ2n) is 5.10. The van der Waals surface area contributed by atoms with Crippen LogP contribution in [-0.2, 0) is 10.3 Å². The van der Waals surface area contributed by atoms with Gasteiger partial charge in [0.05, 0.1) is 12.8 Å². The number of rotatable bonds is 4. The molecule has 2 N–H and O–H groups in total. The molecule has 0 saturated heterocycles. The summed E-state index contributed by atoms with van der Waals surface area (Å²) in [6, 6.07) is 16.7. The predicted molar refractivity (Wildman–Crippen MR) is 84.4 cm³/mol. The van der Waals surface area contributed by atoms with Crippen LogP contribution in [0.4, 0.5) is 5.69 Å². The molecule has 0 aliphatic rings. The number of nitrogens with two attached hydrogens (primary N) is 1. The van der Waals surface area contributed by atoms with Crippen molar-refractivity contribution in [3.63, 3.8) is 0 Å². The number of nitrogens with zero attached hydrogens (tertiary/aromatic N) is 1. The number of amides is 1. The van der Waals surface area contributed by atoms with Crippen molar-refractivity contribution in [1.29, 1.82) is 0 Å². The molecule has 0 aliphatic heterocycles. The molecule has 2 aromatic rings. The van der Waals surface area contributed by atoms with Gasteiger partial charge in [0.15, 0.2) is 0 Å². The number of methoxy groups -OCH3 is 1. The van der Waals surface area contributed by atoms with Crippen LogP contribution in [0.1, 0.15) is 12.5 Å². The van der Waals surface area contributed by atoms with Crippen molar-refractivity contribution < 1.29 is 9.53 Å². The van der Waals surface area contributed by atoms with Crippen LogP contribution >= 0.6 is 0 Å². The quantitative estimate of drug-likeness (QED) is 0.938. The maximum atomic E-state index is 12.8. The van der Waals surface area contributed by atoms with Gasteiger partial charge in [-0.15, -0.1) is 0 Å². The molecule has 0 heterocycles. The second-order valence-corrected chi connectivity index (χ2v) is 5.10. The number of anilines is 1. The van der Waals surface area contributed by atoms with E-state index in [2.05, 4.69) is 0 Å². The number of carbonyl (C=O) groups excluding carboxylic acids is 1. The molecule has 4 heteroatoms. The third kappa shape index (κ3) is 2.90. The fraction of sp³-hybridized carbons (Fsp3) is 0.235. The maximum absolute atomic E-state index is 12.8. The molecule has 0 saturated carbocycles. The topological polar surface area (TPSA) is 55.6 Å². The third-order valence-corrected chi connectivity index (χ3v) is 3.57. The largest absolute Gasteiger partial charge is 0.495 e. The van der Waals surface area contributed by atoms with E-state index in [1.54, 1.807) is 21.1 Å². The molecule has 0 aromatic heterocycles. The first-order chi connectivity index (χ1) is 9.98. The molecule has 0 fully saturated rings. The Kier molecular flexibility index (Phi) is 4.29.